The molecule has 1 aliphatic rings. The molecule has 1 aliphatic heterocycles. The van der Waals surface area contributed by atoms with Gasteiger partial charge in [0.05, 0.1) is 12.9 Å². The van der Waals surface area contributed by atoms with Crippen molar-refractivity contribution in [2.24, 2.45) is 0 Å². The van der Waals surface area contributed by atoms with Gasteiger partial charge in [0, 0.05) is 36.8 Å². The first kappa shape index (κ1) is 19.1. The fourth-order valence-electron chi connectivity index (χ4n) is 2.92. The Morgan fingerprint density at radius 1 is 1.15 bits per heavy atom. The maximum atomic E-state index is 12.8. The van der Waals surface area contributed by atoms with E-state index in [2.05, 4.69) is 37.8 Å². The molecule has 1 fully saturated rings. The van der Waals surface area contributed by atoms with Crippen molar-refractivity contribution >= 4 is 31.6 Å². The highest BCUT2D eigenvalue weighted by atomic mass is 79.9. The van der Waals surface area contributed by atoms with Crippen LogP contribution in [0.1, 0.15) is 5.56 Å². The molecule has 3 rings (SSSR count). The molecule has 1 saturated heterocycles. The molecule has 2 aromatic rings. The lowest BCUT2D eigenvalue weighted by molar-refractivity contribution is 0.312. The van der Waals surface area contributed by atoms with Gasteiger partial charge < -0.3 is 14.5 Å². The van der Waals surface area contributed by atoms with Gasteiger partial charge in [-0.1, -0.05) is 22.0 Å². The minimum atomic E-state index is -3.54. The van der Waals surface area contributed by atoms with E-state index in [0.29, 0.717) is 15.8 Å². The van der Waals surface area contributed by atoms with Crippen LogP contribution < -0.4 is 9.64 Å². The van der Waals surface area contributed by atoms with E-state index in [1.807, 2.05) is 12.1 Å². The molecule has 0 bridgehead atoms. The van der Waals surface area contributed by atoms with Crippen LogP contribution in [-0.4, -0.2) is 58.6 Å². The van der Waals surface area contributed by atoms with Gasteiger partial charge in [-0.2, -0.15) is 0 Å². The van der Waals surface area contributed by atoms with Crippen molar-refractivity contribution in [2.45, 2.75) is 10.6 Å². The Kier molecular flexibility index (Phi) is 5.84. The summed E-state index contributed by atoms with van der Waals surface area (Å²) >= 11 is 3.32. The molecule has 2 heterocycles. The summed E-state index contributed by atoms with van der Waals surface area (Å²) in [5, 5.41) is 0. The molecular weight excluding hydrogens is 418 g/mol. The summed E-state index contributed by atoms with van der Waals surface area (Å²) in [6.45, 7) is 3.85. The molecule has 0 saturated carbocycles. The zero-order valence-electron chi connectivity index (χ0n) is 14.9. The van der Waals surface area contributed by atoms with Crippen molar-refractivity contribution < 1.29 is 13.2 Å². The van der Waals surface area contributed by atoms with Gasteiger partial charge in [-0.3, -0.25) is 0 Å². The molecule has 0 N–H and O–H groups in total. The van der Waals surface area contributed by atoms with Crippen LogP contribution in [0.3, 0.4) is 0 Å². The summed E-state index contributed by atoms with van der Waals surface area (Å²) in [6.07, 6.45) is 1.65. The second-order valence-electron chi connectivity index (χ2n) is 6.37. The summed E-state index contributed by atoms with van der Waals surface area (Å²) in [5.74, 6) is 1.12. The first-order valence-electron chi connectivity index (χ1n) is 8.34. The first-order valence-corrected chi connectivity index (χ1v) is 10.8. The van der Waals surface area contributed by atoms with E-state index in [1.54, 1.807) is 24.4 Å². The summed E-state index contributed by atoms with van der Waals surface area (Å²) in [4.78, 5) is 9.14. The second kappa shape index (κ2) is 7.94. The fourth-order valence-corrected chi connectivity index (χ4v) is 4.96. The fraction of sp³-hybridized carbons (Fsp3) is 0.389. The van der Waals surface area contributed by atoms with Crippen molar-refractivity contribution in [1.82, 2.24) is 9.88 Å². The SMILES string of the molecule is COc1ccc(Br)cc1S(=O)(=O)Cc1ccc(N2CCN(C)CC2)nc1. The van der Waals surface area contributed by atoms with Gasteiger partial charge in [-0.05, 0) is 36.9 Å². The zero-order chi connectivity index (χ0) is 18.7. The lowest BCUT2D eigenvalue weighted by Crippen LogP contribution is -2.44. The number of piperazine rings is 1. The van der Waals surface area contributed by atoms with E-state index in [9.17, 15) is 8.42 Å². The highest BCUT2D eigenvalue weighted by Gasteiger charge is 2.21. The Labute approximate surface area is 162 Å². The van der Waals surface area contributed by atoms with Crippen molar-refractivity contribution in [3.63, 3.8) is 0 Å². The maximum Gasteiger partial charge on any atom is 0.186 e. The van der Waals surface area contributed by atoms with Gasteiger partial charge in [0.15, 0.2) is 9.84 Å². The molecule has 8 heteroatoms. The van der Waals surface area contributed by atoms with E-state index in [4.69, 9.17) is 4.74 Å². The molecule has 1 aromatic carbocycles. The Balaban J connectivity index is 1.77. The predicted octanol–water partition coefficient (Wildman–Crippen LogP) is 2.58. The molecular formula is C18H22BrN3O3S. The minimum absolute atomic E-state index is 0.115. The van der Waals surface area contributed by atoms with Gasteiger partial charge in [0.25, 0.3) is 0 Å². The molecule has 6 nitrogen and oxygen atoms in total. The normalized spacial score (nSPS) is 15.9. The first-order chi connectivity index (χ1) is 12.4. The van der Waals surface area contributed by atoms with Crippen molar-refractivity contribution in [3.05, 3.63) is 46.6 Å². The number of pyridine rings is 1. The van der Waals surface area contributed by atoms with Crippen LogP contribution >= 0.6 is 15.9 Å². The van der Waals surface area contributed by atoms with E-state index < -0.39 is 9.84 Å². The number of rotatable bonds is 5. The number of ether oxygens (including phenoxy) is 1. The van der Waals surface area contributed by atoms with Crippen LogP contribution in [0.25, 0.3) is 0 Å². The van der Waals surface area contributed by atoms with E-state index >= 15 is 0 Å². The second-order valence-corrected chi connectivity index (χ2v) is 9.24. The largest absolute Gasteiger partial charge is 0.495 e. The maximum absolute atomic E-state index is 12.8. The van der Waals surface area contributed by atoms with Crippen LogP contribution in [0.4, 0.5) is 5.82 Å². The van der Waals surface area contributed by atoms with Gasteiger partial charge in [-0.25, -0.2) is 13.4 Å². The smallest absolute Gasteiger partial charge is 0.186 e. The van der Waals surface area contributed by atoms with Crippen molar-refractivity contribution in [1.29, 1.82) is 0 Å². The monoisotopic (exact) mass is 439 g/mol. The number of hydrogen-bond acceptors (Lipinski definition) is 6. The van der Waals surface area contributed by atoms with Crippen molar-refractivity contribution in [3.8, 4) is 5.75 Å². The predicted molar refractivity (Wildman–Crippen MR) is 106 cm³/mol. The molecule has 26 heavy (non-hydrogen) atoms. The number of aromatic nitrogens is 1. The number of benzene rings is 1. The number of anilines is 1. The molecule has 0 atom stereocenters. The quantitative estimate of drug-likeness (QED) is 0.713. The number of nitrogens with zero attached hydrogens (tertiary/aromatic N) is 3. The average molecular weight is 440 g/mol. The number of sulfone groups is 1. The summed E-state index contributed by atoms with van der Waals surface area (Å²) in [5.41, 5.74) is 0.657. The van der Waals surface area contributed by atoms with Crippen LogP contribution in [0, 0.1) is 0 Å². The third-order valence-electron chi connectivity index (χ3n) is 4.45. The Morgan fingerprint density at radius 3 is 2.50 bits per heavy atom. The summed E-state index contributed by atoms with van der Waals surface area (Å²) < 4.78 is 31.5. The molecule has 0 amide bonds. The van der Waals surface area contributed by atoms with Gasteiger partial charge >= 0.3 is 0 Å². The number of likely N-dealkylation sites (N-methyl/N-ethyl adjacent to an activating group) is 1. The van der Waals surface area contributed by atoms with Crippen LogP contribution in [0.5, 0.6) is 5.75 Å². The highest BCUT2D eigenvalue weighted by molar-refractivity contribution is 9.10. The molecule has 0 spiro atoms. The summed E-state index contributed by atoms with van der Waals surface area (Å²) in [6, 6.07) is 8.70. The molecule has 0 unspecified atom stereocenters. The molecule has 0 aliphatic carbocycles. The van der Waals surface area contributed by atoms with Gasteiger partial charge in [-0.15, -0.1) is 0 Å². The Morgan fingerprint density at radius 2 is 1.88 bits per heavy atom. The standard InChI is InChI=1S/C18H22BrN3O3S/c1-21-7-9-22(10-8-21)18-6-3-14(12-20-18)13-26(23,24)17-11-15(19)4-5-16(17)25-2/h3-6,11-12H,7-10,13H2,1-2H3. The van der Waals surface area contributed by atoms with Crippen molar-refractivity contribution in [2.75, 3.05) is 45.2 Å². The Hall–Kier alpha value is -1.64. The third-order valence-corrected chi connectivity index (χ3v) is 6.65. The van der Waals surface area contributed by atoms with Gasteiger partial charge in [0.1, 0.15) is 16.5 Å². The molecule has 0 radical (unpaired) electrons. The zero-order valence-corrected chi connectivity index (χ0v) is 17.3. The number of hydrogen-bond donors (Lipinski definition) is 0. The average Bonchev–Trinajstić information content (AvgIpc) is 2.63. The lowest BCUT2D eigenvalue weighted by atomic mass is 10.3. The third kappa shape index (κ3) is 4.36. The van der Waals surface area contributed by atoms with Crippen LogP contribution in [0.2, 0.25) is 0 Å². The van der Waals surface area contributed by atoms with Crippen LogP contribution in [-0.2, 0) is 15.6 Å². The summed E-state index contributed by atoms with van der Waals surface area (Å²) in [7, 11) is 0.0342. The van der Waals surface area contributed by atoms with E-state index in [-0.39, 0.29) is 10.6 Å². The molecule has 140 valence electrons. The highest BCUT2D eigenvalue weighted by Crippen LogP contribution is 2.30. The Bertz CT molecular complexity index is 864. The van der Waals surface area contributed by atoms with E-state index in [1.165, 1.54) is 7.11 Å². The van der Waals surface area contributed by atoms with Gasteiger partial charge in [0.2, 0.25) is 0 Å². The number of halogens is 1. The topological polar surface area (TPSA) is 62.7 Å². The van der Waals surface area contributed by atoms with Crippen LogP contribution in [0.15, 0.2) is 45.9 Å². The van der Waals surface area contributed by atoms with E-state index in [0.717, 1.165) is 32.0 Å². The number of methoxy groups -OCH3 is 1. The molecule has 1 aromatic heterocycles. The minimum Gasteiger partial charge on any atom is -0.495 e. The lowest BCUT2D eigenvalue weighted by Gasteiger charge is -2.33.